The maximum atomic E-state index is 12.2. The summed E-state index contributed by atoms with van der Waals surface area (Å²) in [6.07, 6.45) is 2.07. The van der Waals surface area contributed by atoms with Gasteiger partial charge >= 0.3 is 0 Å². The van der Waals surface area contributed by atoms with Gasteiger partial charge in [-0.1, -0.05) is 19.9 Å². The molecule has 0 aliphatic rings. The number of nitrogens with one attached hydrogen (secondary N) is 1. The molecule has 118 valence electrons. The minimum Gasteiger partial charge on any atom is -0.398 e. The van der Waals surface area contributed by atoms with Crippen molar-refractivity contribution >= 4 is 11.6 Å². The summed E-state index contributed by atoms with van der Waals surface area (Å²) in [5, 5.41) is 3.03. The lowest BCUT2D eigenvalue weighted by molar-refractivity contribution is 0.0938. The number of hydrogen-bond donors (Lipinski definition) is 2. The van der Waals surface area contributed by atoms with E-state index in [0.29, 0.717) is 11.3 Å². The molecule has 1 aromatic carbocycles. The van der Waals surface area contributed by atoms with Gasteiger partial charge in [0.1, 0.15) is 0 Å². The highest BCUT2D eigenvalue weighted by molar-refractivity contribution is 5.99. The van der Waals surface area contributed by atoms with Gasteiger partial charge in [-0.05, 0) is 64.0 Å². The molecular weight excluding hydrogens is 262 g/mol. The summed E-state index contributed by atoms with van der Waals surface area (Å²) in [5.41, 5.74) is 8.08. The number of rotatable bonds is 8. The normalized spacial score (nSPS) is 12.4. The highest BCUT2D eigenvalue weighted by Gasteiger charge is 2.12. The fraction of sp³-hybridized carbons (Fsp3) is 0.588. The highest BCUT2D eigenvalue weighted by Crippen LogP contribution is 2.14. The molecule has 3 N–H and O–H groups in total. The van der Waals surface area contributed by atoms with Crippen molar-refractivity contribution in [3.63, 3.8) is 0 Å². The molecule has 1 rings (SSSR count). The topological polar surface area (TPSA) is 58.4 Å². The first-order chi connectivity index (χ1) is 9.97. The van der Waals surface area contributed by atoms with Crippen molar-refractivity contribution in [2.24, 2.45) is 0 Å². The van der Waals surface area contributed by atoms with Gasteiger partial charge in [0.25, 0.3) is 5.91 Å². The fourth-order valence-corrected chi connectivity index (χ4v) is 2.42. The van der Waals surface area contributed by atoms with Crippen molar-refractivity contribution in [3.05, 3.63) is 29.3 Å². The number of carbonyl (C=O) groups is 1. The van der Waals surface area contributed by atoms with E-state index in [1.807, 2.05) is 26.0 Å². The van der Waals surface area contributed by atoms with Crippen LogP contribution < -0.4 is 11.1 Å². The van der Waals surface area contributed by atoms with E-state index in [-0.39, 0.29) is 11.9 Å². The molecule has 4 nitrogen and oxygen atoms in total. The molecule has 0 saturated carbocycles. The molecule has 1 amide bonds. The molecule has 1 atom stereocenters. The molecule has 4 heteroatoms. The SMILES string of the molecule is CCN(CC)CCCC(C)NC(=O)c1ccc(C)cc1N. The summed E-state index contributed by atoms with van der Waals surface area (Å²) >= 11 is 0. The van der Waals surface area contributed by atoms with Crippen LogP contribution >= 0.6 is 0 Å². The van der Waals surface area contributed by atoms with Crippen molar-refractivity contribution in [1.29, 1.82) is 0 Å². The number of amides is 1. The van der Waals surface area contributed by atoms with E-state index in [9.17, 15) is 4.79 Å². The molecule has 1 aromatic rings. The van der Waals surface area contributed by atoms with Crippen LogP contribution in [0.4, 0.5) is 5.69 Å². The smallest absolute Gasteiger partial charge is 0.253 e. The van der Waals surface area contributed by atoms with Crippen molar-refractivity contribution in [2.45, 2.75) is 46.6 Å². The van der Waals surface area contributed by atoms with Crippen LogP contribution in [0.5, 0.6) is 0 Å². The number of hydrogen-bond acceptors (Lipinski definition) is 3. The molecule has 0 radical (unpaired) electrons. The molecule has 0 aromatic heterocycles. The first-order valence-corrected chi connectivity index (χ1v) is 7.87. The third-order valence-corrected chi connectivity index (χ3v) is 3.84. The zero-order chi connectivity index (χ0) is 15.8. The number of benzene rings is 1. The number of carbonyl (C=O) groups excluding carboxylic acids is 1. The number of anilines is 1. The van der Waals surface area contributed by atoms with Crippen LogP contribution in [0.15, 0.2) is 18.2 Å². The Labute approximate surface area is 128 Å². The minimum absolute atomic E-state index is 0.0807. The minimum atomic E-state index is -0.0807. The lowest BCUT2D eigenvalue weighted by atomic mass is 10.1. The molecule has 21 heavy (non-hydrogen) atoms. The lowest BCUT2D eigenvalue weighted by Crippen LogP contribution is -2.34. The fourth-order valence-electron chi connectivity index (χ4n) is 2.42. The number of nitrogens with zero attached hydrogens (tertiary/aromatic N) is 1. The van der Waals surface area contributed by atoms with E-state index < -0.39 is 0 Å². The van der Waals surface area contributed by atoms with Crippen molar-refractivity contribution in [3.8, 4) is 0 Å². The number of aryl methyl sites for hydroxylation is 1. The van der Waals surface area contributed by atoms with Gasteiger partial charge < -0.3 is 16.0 Å². The second-order valence-corrected chi connectivity index (χ2v) is 5.63. The van der Waals surface area contributed by atoms with Crippen LogP contribution in [0.2, 0.25) is 0 Å². The van der Waals surface area contributed by atoms with Gasteiger partial charge in [-0.3, -0.25) is 4.79 Å². The lowest BCUT2D eigenvalue weighted by Gasteiger charge is -2.20. The Bertz CT molecular complexity index is 455. The van der Waals surface area contributed by atoms with Crippen LogP contribution in [0.1, 0.15) is 49.5 Å². The van der Waals surface area contributed by atoms with Gasteiger partial charge in [-0.2, -0.15) is 0 Å². The molecule has 1 unspecified atom stereocenters. The van der Waals surface area contributed by atoms with Crippen molar-refractivity contribution < 1.29 is 4.79 Å². The zero-order valence-corrected chi connectivity index (χ0v) is 13.8. The third-order valence-electron chi connectivity index (χ3n) is 3.84. The summed E-state index contributed by atoms with van der Waals surface area (Å²) in [6, 6.07) is 5.70. The van der Waals surface area contributed by atoms with E-state index in [1.165, 1.54) is 0 Å². The largest absolute Gasteiger partial charge is 0.398 e. The van der Waals surface area contributed by atoms with Gasteiger partial charge in [-0.15, -0.1) is 0 Å². The Morgan fingerprint density at radius 3 is 2.57 bits per heavy atom. The van der Waals surface area contributed by atoms with Crippen molar-refractivity contribution in [2.75, 3.05) is 25.4 Å². The first kappa shape index (κ1) is 17.5. The summed E-state index contributed by atoms with van der Waals surface area (Å²) in [7, 11) is 0. The molecule has 0 saturated heterocycles. The van der Waals surface area contributed by atoms with Gasteiger partial charge in [0.15, 0.2) is 0 Å². The van der Waals surface area contributed by atoms with Crippen LogP contribution in [0.25, 0.3) is 0 Å². The molecule has 0 fully saturated rings. The van der Waals surface area contributed by atoms with E-state index in [2.05, 4.69) is 24.1 Å². The van der Waals surface area contributed by atoms with Crippen LogP contribution in [-0.2, 0) is 0 Å². The van der Waals surface area contributed by atoms with E-state index in [4.69, 9.17) is 5.73 Å². The van der Waals surface area contributed by atoms with Gasteiger partial charge in [0.2, 0.25) is 0 Å². The quantitative estimate of drug-likeness (QED) is 0.724. The third kappa shape index (κ3) is 5.76. The molecule has 0 bridgehead atoms. The first-order valence-electron chi connectivity index (χ1n) is 7.87. The highest BCUT2D eigenvalue weighted by atomic mass is 16.1. The van der Waals surface area contributed by atoms with E-state index in [1.54, 1.807) is 6.07 Å². The average Bonchev–Trinajstić information content (AvgIpc) is 2.43. The number of nitrogens with two attached hydrogens (primary N) is 1. The monoisotopic (exact) mass is 291 g/mol. The summed E-state index contributed by atoms with van der Waals surface area (Å²) in [6.45, 7) is 11.6. The van der Waals surface area contributed by atoms with Gasteiger partial charge in [0.05, 0.1) is 5.56 Å². The Balaban J connectivity index is 2.43. The number of nitrogen functional groups attached to an aromatic ring is 1. The Hall–Kier alpha value is -1.55. The van der Waals surface area contributed by atoms with Crippen LogP contribution in [0.3, 0.4) is 0 Å². The maximum absolute atomic E-state index is 12.2. The predicted molar refractivity (Wildman–Crippen MR) is 89.5 cm³/mol. The average molecular weight is 291 g/mol. The van der Waals surface area contributed by atoms with E-state index >= 15 is 0 Å². The summed E-state index contributed by atoms with van der Waals surface area (Å²) in [4.78, 5) is 14.6. The molecule has 0 heterocycles. The Morgan fingerprint density at radius 2 is 2.00 bits per heavy atom. The van der Waals surface area contributed by atoms with Gasteiger partial charge in [-0.25, -0.2) is 0 Å². The standard InChI is InChI=1S/C17H29N3O/c1-5-20(6-2)11-7-8-14(4)19-17(21)15-10-9-13(3)12-16(15)18/h9-10,12,14H,5-8,11,18H2,1-4H3,(H,19,21). The van der Waals surface area contributed by atoms with Crippen LogP contribution in [-0.4, -0.2) is 36.5 Å². The molecule has 0 spiro atoms. The predicted octanol–water partition coefficient (Wildman–Crippen LogP) is 2.82. The second-order valence-electron chi connectivity index (χ2n) is 5.63. The van der Waals surface area contributed by atoms with Gasteiger partial charge in [0, 0.05) is 11.7 Å². The van der Waals surface area contributed by atoms with Crippen LogP contribution in [0, 0.1) is 6.92 Å². The summed E-state index contributed by atoms with van der Waals surface area (Å²) < 4.78 is 0. The molecule has 0 aliphatic heterocycles. The molecular formula is C17H29N3O. The summed E-state index contributed by atoms with van der Waals surface area (Å²) in [5.74, 6) is -0.0807. The van der Waals surface area contributed by atoms with E-state index in [0.717, 1.165) is 38.0 Å². The van der Waals surface area contributed by atoms with Crippen molar-refractivity contribution in [1.82, 2.24) is 10.2 Å². The second kappa shape index (κ2) is 8.67. The molecule has 0 aliphatic carbocycles. The Morgan fingerprint density at radius 1 is 1.33 bits per heavy atom. The zero-order valence-electron chi connectivity index (χ0n) is 13.8. The Kier molecular flexibility index (Phi) is 7.23. The maximum Gasteiger partial charge on any atom is 0.253 e.